The van der Waals surface area contributed by atoms with Crippen molar-refractivity contribution >= 4 is 33.4 Å². The third-order valence-electron chi connectivity index (χ3n) is 3.34. The molecule has 1 fully saturated rings. The topological polar surface area (TPSA) is 29.5 Å². The molecule has 20 heavy (non-hydrogen) atoms. The van der Waals surface area contributed by atoms with Crippen molar-refractivity contribution in [3.8, 4) is 0 Å². The lowest BCUT2D eigenvalue weighted by molar-refractivity contribution is 0.0153. The number of hydrogen-bond acceptors (Lipinski definition) is 2. The van der Waals surface area contributed by atoms with Crippen LogP contribution in [-0.2, 0) is 4.74 Å². The molecule has 0 spiro atoms. The number of nitrogens with zero attached hydrogens (tertiary/aromatic N) is 1. The van der Waals surface area contributed by atoms with Gasteiger partial charge in [0, 0.05) is 19.0 Å². The monoisotopic (exact) mass is 363 g/mol. The number of amides is 1. The quantitative estimate of drug-likeness (QED) is 0.766. The zero-order valence-corrected chi connectivity index (χ0v) is 13.3. The minimum atomic E-state index is -0.420. The van der Waals surface area contributed by atoms with E-state index >= 15 is 0 Å². The molecule has 3 nitrogen and oxygen atoms in total. The summed E-state index contributed by atoms with van der Waals surface area (Å²) < 4.78 is 19.3. The molecule has 110 valence electrons. The van der Waals surface area contributed by atoms with E-state index in [2.05, 4.69) is 15.9 Å². The van der Waals surface area contributed by atoms with Crippen LogP contribution < -0.4 is 0 Å². The van der Waals surface area contributed by atoms with Gasteiger partial charge in [-0.2, -0.15) is 0 Å². The molecule has 1 aromatic carbocycles. The molecule has 1 aliphatic rings. The molecule has 0 saturated carbocycles. The fourth-order valence-electron chi connectivity index (χ4n) is 2.28. The molecule has 1 saturated heterocycles. The van der Waals surface area contributed by atoms with E-state index in [-0.39, 0.29) is 16.5 Å². The van der Waals surface area contributed by atoms with Gasteiger partial charge in [0.05, 0.1) is 22.7 Å². The number of rotatable bonds is 4. The van der Waals surface area contributed by atoms with Crippen LogP contribution in [0, 0.1) is 5.82 Å². The van der Waals surface area contributed by atoms with Crippen LogP contribution in [0.3, 0.4) is 0 Å². The fraction of sp³-hybridized carbons (Fsp3) is 0.500. The van der Waals surface area contributed by atoms with Crippen LogP contribution in [0.5, 0.6) is 0 Å². The van der Waals surface area contributed by atoms with Crippen molar-refractivity contribution in [1.82, 2.24) is 4.90 Å². The van der Waals surface area contributed by atoms with E-state index in [1.807, 2.05) is 0 Å². The van der Waals surface area contributed by atoms with Crippen LogP contribution >= 0.6 is 27.5 Å². The number of carbonyl (C=O) groups is 1. The van der Waals surface area contributed by atoms with Crippen molar-refractivity contribution in [3.63, 3.8) is 0 Å². The molecular formula is C14H16BrClFNO2. The Morgan fingerprint density at radius 1 is 1.45 bits per heavy atom. The standard InChI is InChI=1S/C14H16BrClFNO2/c15-13-11(2-1-3-12(13)17)14(19)18-7-4-10(5-8-18)20-9-6-16/h1-3,10H,4-9H2. The Morgan fingerprint density at radius 2 is 2.15 bits per heavy atom. The molecule has 1 aliphatic heterocycles. The molecule has 0 atom stereocenters. The van der Waals surface area contributed by atoms with Crippen LogP contribution in [0.4, 0.5) is 4.39 Å². The van der Waals surface area contributed by atoms with Crippen molar-refractivity contribution in [1.29, 1.82) is 0 Å². The first-order valence-electron chi connectivity index (χ1n) is 6.54. The average molecular weight is 365 g/mol. The molecule has 0 radical (unpaired) electrons. The van der Waals surface area contributed by atoms with Gasteiger partial charge in [-0.25, -0.2) is 4.39 Å². The van der Waals surface area contributed by atoms with Gasteiger partial charge in [-0.05, 0) is 40.9 Å². The van der Waals surface area contributed by atoms with Crippen molar-refractivity contribution < 1.29 is 13.9 Å². The van der Waals surface area contributed by atoms with E-state index in [0.717, 1.165) is 12.8 Å². The zero-order chi connectivity index (χ0) is 14.5. The van der Waals surface area contributed by atoms with Crippen molar-refractivity contribution in [3.05, 3.63) is 34.1 Å². The highest BCUT2D eigenvalue weighted by molar-refractivity contribution is 9.10. The summed E-state index contributed by atoms with van der Waals surface area (Å²) in [6.07, 6.45) is 1.74. The number of hydrogen-bond donors (Lipinski definition) is 0. The molecule has 0 bridgehead atoms. The second-order valence-corrected chi connectivity index (χ2v) is 5.82. The Kier molecular flexibility index (Phi) is 5.81. The van der Waals surface area contributed by atoms with Crippen LogP contribution in [0.15, 0.2) is 22.7 Å². The van der Waals surface area contributed by atoms with E-state index in [4.69, 9.17) is 16.3 Å². The zero-order valence-electron chi connectivity index (χ0n) is 10.9. The fourth-order valence-corrected chi connectivity index (χ4v) is 2.80. The van der Waals surface area contributed by atoms with Crippen molar-refractivity contribution in [2.45, 2.75) is 18.9 Å². The van der Waals surface area contributed by atoms with Crippen molar-refractivity contribution in [2.24, 2.45) is 0 Å². The highest BCUT2D eigenvalue weighted by Gasteiger charge is 2.25. The normalized spacial score (nSPS) is 16.4. The number of carbonyl (C=O) groups excluding carboxylic acids is 1. The highest BCUT2D eigenvalue weighted by Crippen LogP contribution is 2.23. The number of ether oxygens (including phenoxy) is 1. The molecule has 1 heterocycles. The molecule has 1 amide bonds. The second-order valence-electron chi connectivity index (χ2n) is 4.65. The minimum Gasteiger partial charge on any atom is -0.377 e. The van der Waals surface area contributed by atoms with E-state index in [9.17, 15) is 9.18 Å². The number of likely N-dealkylation sites (tertiary alicyclic amines) is 1. The Labute approximate surface area is 131 Å². The van der Waals surface area contributed by atoms with Gasteiger partial charge in [0.25, 0.3) is 5.91 Å². The first-order valence-corrected chi connectivity index (χ1v) is 7.87. The molecule has 0 aliphatic carbocycles. The number of benzene rings is 1. The Morgan fingerprint density at radius 3 is 2.80 bits per heavy atom. The predicted molar refractivity (Wildman–Crippen MR) is 79.7 cm³/mol. The molecule has 0 aromatic heterocycles. The highest BCUT2D eigenvalue weighted by atomic mass is 79.9. The third kappa shape index (κ3) is 3.71. The van der Waals surface area contributed by atoms with Crippen LogP contribution in [-0.4, -0.2) is 42.5 Å². The molecular weight excluding hydrogens is 349 g/mol. The summed E-state index contributed by atoms with van der Waals surface area (Å²) in [7, 11) is 0. The number of piperidine rings is 1. The van der Waals surface area contributed by atoms with Gasteiger partial charge < -0.3 is 9.64 Å². The summed E-state index contributed by atoms with van der Waals surface area (Å²) in [4.78, 5) is 14.1. The predicted octanol–water partition coefficient (Wildman–Crippen LogP) is 3.45. The van der Waals surface area contributed by atoms with Crippen molar-refractivity contribution in [2.75, 3.05) is 25.6 Å². The maximum Gasteiger partial charge on any atom is 0.255 e. The summed E-state index contributed by atoms with van der Waals surface area (Å²) in [5, 5.41) is 0. The second kappa shape index (κ2) is 7.38. The molecule has 1 aromatic rings. The van der Waals surface area contributed by atoms with E-state index in [0.29, 0.717) is 31.1 Å². The van der Waals surface area contributed by atoms with E-state index in [1.165, 1.54) is 6.07 Å². The van der Waals surface area contributed by atoms with Gasteiger partial charge >= 0.3 is 0 Å². The molecule has 2 rings (SSSR count). The van der Waals surface area contributed by atoms with Gasteiger partial charge in [-0.3, -0.25) is 4.79 Å². The molecule has 0 unspecified atom stereocenters. The average Bonchev–Trinajstić information content (AvgIpc) is 2.48. The molecule has 0 N–H and O–H groups in total. The lowest BCUT2D eigenvalue weighted by Crippen LogP contribution is -2.41. The van der Waals surface area contributed by atoms with Crippen LogP contribution in [0.1, 0.15) is 23.2 Å². The van der Waals surface area contributed by atoms with E-state index in [1.54, 1.807) is 17.0 Å². The number of alkyl halides is 1. The van der Waals surface area contributed by atoms with Gasteiger partial charge in [-0.1, -0.05) is 6.07 Å². The summed E-state index contributed by atoms with van der Waals surface area (Å²) >= 11 is 8.71. The Bertz CT molecular complexity index is 478. The minimum absolute atomic E-state index is 0.146. The van der Waals surface area contributed by atoms with Gasteiger partial charge in [-0.15, -0.1) is 11.6 Å². The Hall–Kier alpha value is -0.650. The van der Waals surface area contributed by atoms with Crippen LogP contribution in [0.25, 0.3) is 0 Å². The summed E-state index contributed by atoms with van der Waals surface area (Å²) in [5.41, 5.74) is 0.366. The maximum atomic E-state index is 13.5. The smallest absolute Gasteiger partial charge is 0.255 e. The largest absolute Gasteiger partial charge is 0.377 e. The SMILES string of the molecule is O=C(c1cccc(F)c1Br)N1CCC(OCCCl)CC1. The maximum absolute atomic E-state index is 13.5. The van der Waals surface area contributed by atoms with Crippen LogP contribution in [0.2, 0.25) is 0 Å². The van der Waals surface area contributed by atoms with Gasteiger partial charge in [0.2, 0.25) is 0 Å². The number of halogens is 3. The summed E-state index contributed by atoms with van der Waals surface area (Å²) in [5.74, 6) is -0.0848. The summed E-state index contributed by atoms with van der Waals surface area (Å²) in [6.45, 7) is 1.78. The van der Waals surface area contributed by atoms with E-state index < -0.39 is 5.82 Å². The Balaban J connectivity index is 1.96. The van der Waals surface area contributed by atoms with Gasteiger partial charge in [0.15, 0.2) is 0 Å². The lowest BCUT2D eigenvalue weighted by atomic mass is 10.1. The summed E-state index contributed by atoms with van der Waals surface area (Å²) in [6, 6.07) is 4.50. The lowest BCUT2D eigenvalue weighted by Gasteiger charge is -2.32. The third-order valence-corrected chi connectivity index (χ3v) is 4.30. The molecule has 6 heteroatoms. The first-order chi connectivity index (χ1) is 9.63. The van der Waals surface area contributed by atoms with Gasteiger partial charge in [0.1, 0.15) is 5.82 Å². The first kappa shape index (κ1) is 15.7.